The van der Waals surface area contributed by atoms with Crippen molar-refractivity contribution in [3.63, 3.8) is 0 Å². The molecular weight excluding hydrogens is 246 g/mol. The number of nitrogens with zero attached hydrogens (tertiary/aromatic N) is 2. The summed E-state index contributed by atoms with van der Waals surface area (Å²) >= 11 is 1.81. The normalized spacial score (nSPS) is 16.6. The van der Waals surface area contributed by atoms with Gasteiger partial charge in [0.25, 0.3) is 0 Å². The second-order valence-electron chi connectivity index (χ2n) is 5.13. The van der Waals surface area contributed by atoms with Gasteiger partial charge >= 0.3 is 0 Å². The van der Waals surface area contributed by atoms with Crippen LogP contribution in [0.2, 0.25) is 0 Å². The van der Waals surface area contributed by atoms with Crippen molar-refractivity contribution in [1.29, 1.82) is 0 Å². The molecule has 18 heavy (non-hydrogen) atoms. The maximum absolute atomic E-state index is 5.37. The summed E-state index contributed by atoms with van der Waals surface area (Å²) in [6, 6.07) is 0. The Labute approximate surface area is 113 Å². The summed E-state index contributed by atoms with van der Waals surface area (Å²) < 4.78 is 5.37. The molecule has 1 saturated heterocycles. The highest BCUT2D eigenvalue weighted by molar-refractivity contribution is 7.15. The van der Waals surface area contributed by atoms with Gasteiger partial charge in [-0.1, -0.05) is 13.8 Å². The third-order valence-electron chi connectivity index (χ3n) is 3.00. The van der Waals surface area contributed by atoms with E-state index in [-0.39, 0.29) is 0 Å². The lowest BCUT2D eigenvalue weighted by molar-refractivity contribution is 0.122. The van der Waals surface area contributed by atoms with Crippen molar-refractivity contribution >= 4 is 16.5 Å². The highest BCUT2D eigenvalue weighted by Crippen LogP contribution is 2.26. The highest BCUT2D eigenvalue weighted by Gasteiger charge is 2.16. The van der Waals surface area contributed by atoms with Crippen LogP contribution in [0.25, 0.3) is 0 Å². The summed E-state index contributed by atoms with van der Waals surface area (Å²) in [7, 11) is 0. The lowest BCUT2D eigenvalue weighted by Gasteiger charge is -2.26. The highest BCUT2D eigenvalue weighted by atomic mass is 32.1. The summed E-state index contributed by atoms with van der Waals surface area (Å²) in [6.45, 7) is 12.1. The summed E-state index contributed by atoms with van der Waals surface area (Å²) in [4.78, 5) is 8.37. The molecule has 1 aliphatic rings. The molecule has 1 aliphatic heterocycles. The van der Waals surface area contributed by atoms with Crippen LogP contribution in [-0.2, 0) is 11.3 Å². The first-order valence-corrected chi connectivity index (χ1v) is 7.48. The van der Waals surface area contributed by atoms with Crippen molar-refractivity contribution < 1.29 is 4.74 Å². The van der Waals surface area contributed by atoms with Gasteiger partial charge in [-0.25, -0.2) is 4.98 Å². The van der Waals surface area contributed by atoms with Gasteiger partial charge in [-0.05, 0) is 19.4 Å². The molecule has 0 aliphatic carbocycles. The molecule has 0 bridgehead atoms. The number of thiazole rings is 1. The van der Waals surface area contributed by atoms with Crippen LogP contribution in [0.4, 0.5) is 5.13 Å². The number of anilines is 1. The zero-order valence-electron chi connectivity index (χ0n) is 11.5. The van der Waals surface area contributed by atoms with Crippen LogP contribution >= 0.6 is 11.3 Å². The number of aryl methyl sites for hydroxylation is 1. The van der Waals surface area contributed by atoms with Gasteiger partial charge in [-0.2, -0.15) is 0 Å². The number of aromatic nitrogens is 1. The maximum Gasteiger partial charge on any atom is 0.185 e. The SMILES string of the molecule is Cc1nc(N2CCOCC2)sc1CNCC(C)C. The van der Waals surface area contributed by atoms with Gasteiger partial charge in [0.15, 0.2) is 5.13 Å². The minimum absolute atomic E-state index is 0.692. The number of rotatable bonds is 5. The van der Waals surface area contributed by atoms with Gasteiger partial charge in [-0.3, -0.25) is 0 Å². The molecule has 0 unspecified atom stereocenters. The predicted molar refractivity (Wildman–Crippen MR) is 76.4 cm³/mol. The van der Waals surface area contributed by atoms with Crippen molar-refractivity contribution in [3.8, 4) is 0 Å². The van der Waals surface area contributed by atoms with E-state index in [0.717, 1.165) is 50.2 Å². The second-order valence-corrected chi connectivity index (χ2v) is 6.19. The fourth-order valence-electron chi connectivity index (χ4n) is 1.94. The Bertz CT molecular complexity index is 372. The molecule has 1 N–H and O–H groups in total. The zero-order chi connectivity index (χ0) is 13.0. The molecule has 1 fully saturated rings. The van der Waals surface area contributed by atoms with Crippen molar-refractivity contribution in [2.45, 2.75) is 27.3 Å². The Morgan fingerprint density at radius 1 is 1.39 bits per heavy atom. The third kappa shape index (κ3) is 3.67. The monoisotopic (exact) mass is 269 g/mol. The molecule has 0 radical (unpaired) electrons. The van der Waals surface area contributed by atoms with Crippen molar-refractivity contribution in [1.82, 2.24) is 10.3 Å². The zero-order valence-corrected chi connectivity index (χ0v) is 12.3. The van der Waals surface area contributed by atoms with Crippen LogP contribution in [0, 0.1) is 12.8 Å². The molecule has 0 saturated carbocycles. The first kappa shape index (κ1) is 13.8. The van der Waals surface area contributed by atoms with E-state index in [0.29, 0.717) is 5.92 Å². The number of ether oxygens (including phenoxy) is 1. The lowest BCUT2D eigenvalue weighted by atomic mass is 10.2. The minimum atomic E-state index is 0.692. The Hall–Kier alpha value is -0.650. The van der Waals surface area contributed by atoms with E-state index in [9.17, 15) is 0 Å². The van der Waals surface area contributed by atoms with Gasteiger partial charge in [0.05, 0.1) is 18.9 Å². The molecule has 0 spiro atoms. The van der Waals surface area contributed by atoms with E-state index in [1.165, 1.54) is 4.88 Å². The average Bonchev–Trinajstić information content (AvgIpc) is 2.72. The Morgan fingerprint density at radius 2 is 2.11 bits per heavy atom. The van der Waals surface area contributed by atoms with Gasteiger partial charge in [0.2, 0.25) is 0 Å². The second kappa shape index (κ2) is 6.50. The van der Waals surface area contributed by atoms with E-state index in [1.807, 2.05) is 11.3 Å². The Kier molecular flexibility index (Phi) is 4.97. The van der Waals surface area contributed by atoms with Crippen LogP contribution in [0.3, 0.4) is 0 Å². The smallest absolute Gasteiger partial charge is 0.185 e. The summed E-state index contributed by atoms with van der Waals surface area (Å²) in [5, 5.41) is 4.64. The van der Waals surface area contributed by atoms with Crippen LogP contribution in [0.5, 0.6) is 0 Å². The standard InChI is InChI=1S/C13H23N3OS/c1-10(2)8-14-9-12-11(3)15-13(18-12)16-4-6-17-7-5-16/h10,14H,4-9H2,1-3H3. The minimum Gasteiger partial charge on any atom is -0.378 e. The van der Waals surface area contributed by atoms with Gasteiger partial charge in [0.1, 0.15) is 0 Å². The first-order chi connectivity index (χ1) is 8.66. The molecule has 0 aromatic carbocycles. The van der Waals surface area contributed by atoms with Gasteiger partial charge < -0.3 is 15.0 Å². The fraction of sp³-hybridized carbons (Fsp3) is 0.769. The summed E-state index contributed by atoms with van der Waals surface area (Å²) in [6.07, 6.45) is 0. The van der Waals surface area contributed by atoms with E-state index in [1.54, 1.807) is 0 Å². The van der Waals surface area contributed by atoms with Crippen molar-refractivity contribution in [2.75, 3.05) is 37.7 Å². The van der Waals surface area contributed by atoms with Crippen molar-refractivity contribution in [3.05, 3.63) is 10.6 Å². The van der Waals surface area contributed by atoms with Crippen LogP contribution in [-0.4, -0.2) is 37.8 Å². The topological polar surface area (TPSA) is 37.4 Å². The molecule has 1 aromatic heterocycles. The summed E-state index contributed by atoms with van der Waals surface area (Å²) in [5.41, 5.74) is 1.16. The molecule has 4 nitrogen and oxygen atoms in total. The van der Waals surface area contributed by atoms with Crippen LogP contribution < -0.4 is 10.2 Å². The Morgan fingerprint density at radius 3 is 2.78 bits per heavy atom. The average molecular weight is 269 g/mol. The molecule has 1 aromatic rings. The van der Waals surface area contributed by atoms with Crippen LogP contribution in [0.1, 0.15) is 24.4 Å². The molecule has 2 heterocycles. The fourth-order valence-corrected chi connectivity index (χ4v) is 3.02. The van der Waals surface area contributed by atoms with Gasteiger partial charge in [0, 0.05) is 24.5 Å². The van der Waals surface area contributed by atoms with E-state index < -0.39 is 0 Å². The summed E-state index contributed by atoms with van der Waals surface area (Å²) in [5.74, 6) is 0.692. The lowest BCUT2D eigenvalue weighted by Crippen LogP contribution is -2.36. The van der Waals surface area contributed by atoms with Crippen molar-refractivity contribution in [2.24, 2.45) is 5.92 Å². The molecule has 0 amide bonds. The molecule has 5 heteroatoms. The third-order valence-corrected chi connectivity index (χ3v) is 4.22. The molecule has 2 rings (SSSR count). The molecular formula is C13H23N3OS. The number of morpholine rings is 1. The van der Waals surface area contributed by atoms with E-state index in [2.05, 4.69) is 36.0 Å². The van der Waals surface area contributed by atoms with Gasteiger partial charge in [-0.15, -0.1) is 11.3 Å². The van der Waals surface area contributed by atoms with E-state index in [4.69, 9.17) is 4.74 Å². The molecule has 0 atom stereocenters. The van der Waals surface area contributed by atoms with Crippen LogP contribution in [0.15, 0.2) is 0 Å². The number of nitrogens with one attached hydrogen (secondary N) is 1. The number of hydrogen-bond acceptors (Lipinski definition) is 5. The first-order valence-electron chi connectivity index (χ1n) is 6.66. The Balaban J connectivity index is 1.93. The molecule has 102 valence electrons. The maximum atomic E-state index is 5.37. The van der Waals surface area contributed by atoms with E-state index >= 15 is 0 Å². The number of hydrogen-bond donors (Lipinski definition) is 1. The largest absolute Gasteiger partial charge is 0.378 e. The quantitative estimate of drug-likeness (QED) is 0.887. The predicted octanol–water partition coefficient (Wildman–Crippen LogP) is 2.03.